The predicted octanol–water partition coefficient (Wildman–Crippen LogP) is 2.21. The summed E-state index contributed by atoms with van der Waals surface area (Å²) < 4.78 is 5.75. The highest BCUT2D eigenvalue weighted by Gasteiger charge is 2.17. The topological polar surface area (TPSA) is 38.5 Å². The Labute approximate surface area is 95.0 Å². The third kappa shape index (κ3) is 6.88. The molecule has 1 fully saturated rings. The van der Waals surface area contributed by atoms with Gasteiger partial charge in [0.25, 0.3) is 0 Å². The van der Waals surface area contributed by atoms with Crippen LogP contribution in [0.1, 0.15) is 46.5 Å². The van der Waals surface area contributed by atoms with Crippen molar-refractivity contribution in [1.29, 1.82) is 0 Å². The van der Waals surface area contributed by atoms with E-state index in [0.717, 1.165) is 32.5 Å². The molecule has 0 aromatic carbocycles. The van der Waals surface area contributed by atoms with Crippen molar-refractivity contribution in [3.8, 4) is 0 Å². The van der Waals surface area contributed by atoms with E-state index in [2.05, 4.69) is 11.8 Å². The molecule has 2 N–H and O–H groups in total. The van der Waals surface area contributed by atoms with Crippen LogP contribution >= 0.6 is 0 Å². The normalized spacial score (nSPS) is 18.4. The van der Waals surface area contributed by atoms with Gasteiger partial charge in [0.15, 0.2) is 0 Å². The van der Waals surface area contributed by atoms with Crippen LogP contribution in [0.2, 0.25) is 0 Å². The maximum absolute atomic E-state index is 5.75. The molecule has 1 saturated heterocycles. The largest absolute Gasteiger partial charge is 0.378 e. The van der Waals surface area contributed by atoms with E-state index in [4.69, 9.17) is 10.5 Å². The van der Waals surface area contributed by atoms with Gasteiger partial charge in [0.05, 0.1) is 6.10 Å². The molecule has 0 unspecified atom stereocenters. The van der Waals surface area contributed by atoms with Crippen molar-refractivity contribution in [3.05, 3.63) is 0 Å². The summed E-state index contributed by atoms with van der Waals surface area (Å²) >= 11 is 0. The summed E-state index contributed by atoms with van der Waals surface area (Å²) in [6.45, 7) is 10.0. The summed E-state index contributed by atoms with van der Waals surface area (Å²) in [6.07, 6.45) is 5.22. The second kappa shape index (κ2) is 10.4. The lowest BCUT2D eigenvalue weighted by molar-refractivity contribution is 0.00691. The van der Waals surface area contributed by atoms with E-state index >= 15 is 0 Å². The predicted molar refractivity (Wildman–Crippen MR) is 65.9 cm³/mol. The van der Waals surface area contributed by atoms with Crippen LogP contribution in [0.25, 0.3) is 0 Å². The molecule has 0 spiro atoms. The van der Waals surface area contributed by atoms with Gasteiger partial charge in [-0.25, -0.2) is 0 Å². The molecule has 92 valence electrons. The van der Waals surface area contributed by atoms with Gasteiger partial charge in [-0.2, -0.15) is 0 Å². The number of ether oxygens (including phenoxy) is 1. The Bertz CT molecular complexity index is 120. The van der Waals surface area contributed by atoms with E-state index in [1.807, 2.05) is 13.8 Å². The molecule has 0 amide bonds. The molecular formula is C12H28N2O. The van der Waals surface area contributed by atoms with Gasteiger partial charge in [-0.15, -0.1) is 0 Å². The number of unbranched alkanes of at least 4 members (excludes halogenated alkanes) is 1. The van der Waals surface area contributed by atoms with Gasteiger partial charge < -0.3 is 10.5 Å². The van der Waals surface area contributed by atoms with E-state index in [-0.39, 0.29) is 0 Å². The van der Waals surface area contributed by atoms with Crippen molar-refractivity contribution in [1.82, 2.24) is 4.90 Å². The zero-order chi connectivity index (χ0) is 11.5. The number of piperidine rings is 1. The Morgan fingerprint density at radius 3 is 2.33 bits per heavy atom. The van der Waals surface area contributed by atoms with Crippen LogP contribution in [0.3, 0.4) is 0 Å². The molecule has 0 aromatic heterocycles. The van der Waals surface area contributed by atoms with Crippen molar-refractivity contribution in [2.45, 2.75) is 52.6 Å². The number of hydrogen-bond donors (Lipinski definition) is 1. The standard InChI is InChI=1S/C10H22N2O.C2H6/c1-2-3-8-13-10-4-6-12(9-11)7-5-10;1-2/h10H,2-9,11H2,1H3;1-2H3. The summed E-state index contributed by atoms with van der Waals surface area (Å²) in [5, 5.41) is 0. The molecule has 0 bridgehead atoms. The van der Waals surface area contributed by atoms with Gasteiger partial charge in [-0.3, -0.25) is 4.90 Å². The first-order valence-corrected chi connectivity index (χ1v) is 6.40. The molecule has 0 radical (unpaired) electrons. The van der Waals surface area contributed by atoms with Crippen LogP contribution in [0.15, 0.2) is 0 Å². The van der Waals surface area contributed by atoms with Crippen molar-refractivity contribution in [2.24, 2.45) is 5.73 Å². The molecule has 1 rings (SSSR count). The lowest BCUT2D eigenvalue weighted by Crippen LogP contribution is -2.40. The highest BCUT2D eigenvalue weighted by molar-refractivity contribution is 4.71. The van der Waals surface area contributed by atoms with Crippen LogP contribution < -0.4 is 5.73 Å². The van der Waals surface area contributed by atoms with E-state index in [0.29, 0.717) is 12.8 Å². The molecule has 1 aliphatic rings. The lowest BCUT2D eigenvalue weighted by Gasteiger charge is -2.30. The number of hydrogen-bond acceptors (Lipinski definition) is 3. The maximum atomic E-state index is 5.75. The molecular weight excluding hydrogens is 188 g/mol. The molecule has 15 heavy (non-hydrogen) atoms. The smallest absolute Gasteiger partial charge is 0.0599 e. The van der Waals surface area contributed by atoms with E-state index in [1.165, 1.54) is 12.8 Å². The van der Waals surface area contributed by atoms with Crippen molar-refractivity contribution in [2.75, 3.05) is 26.4 Å². The van der Waals surface area contributed by atoms with Gasteiger partial charge >= 0.3 is 0 Å². The summed E-state index contributed by atoms with van der Waals surface area (Å²) in [5.41, 5.74) is 5.56. The fourth-order valence-corrected chi connectivity index (χ4v) is 1.65. The fourth-order valence-electron chi connectivity index (χ4n) is 1.65. The molecule has 1 aliphatic heterocycles. The first-order chi connectivity index (χ1) is 7.36. The van der Waals surface area contributed by atoms with Crippen LogP contribution in [0.5, 0.6) is 0 Å². The Kier molecular flexibility index (Phi) is 10.3. The second-order valence-corrected chi connectivity index (χ2v) is 3.72. The molecule has 0 aliphatic carbocycles. The minimum atomic E-state index is 0.495. The highest BCUT2D eigenvalue weighted by atomic mass is 16.5. The molecule has 0 atom stereocenters. The SMILES string of the molecule is CC.CCCCOC1CCN(CN)CC1. The zero-order valence-corrected chi connectivity index (χ0v) is 10.7. The Balaban J connectivity index is 0.000000921. The number of nitrogens with zero attached hydrogens (tertiary/aromatic N) is 1. The maximum Gasteiger partial charge on any atom is 0.0599 e. The van der Waals surface area contributed by atoms with Crippen molar-refractivity contribution in [3.63, 3.8) is 0 Å². The van der Waals surface area contributed by atoms with Gasteiger partial charge in [-0.05, 0) is 19.3 Å². The Morgan fingerprint density at radius 2 is 1.87 bits per heavy atom. The monoisotopic (exact) mass is 216 g/mol. The van der Waals surface area contributed by atoms with Crippen LogP contribution in [0.4, 0.5) is 0 Å². The van der Waals surface area contributed by atoms with Crippen LogP contribution in [0, 0.1) is 0 Å². The van der Waals surface area contributed by atoms with Crippen LogP contribution in [-0.2, 0) is 4.74 Å². The molecule has 0 saturated carbocycles. The van der Waals surface area contributed by atoms with E-state index in [1.54, 1.807) is 0 Å². The van der Waals surface area contributed by atoms with E-state index in [9.17, 15) is 0 Å². The van der Waals surface area contributed by atoms with Crippen LogP contribution in [-0.4, -0.2) is 37.4 Å². The minimum absolute atomic E-state index is 0.495. The fraction of sp³-hybridized carbons (Fsp3) is 1.00. The average molecular weight is 216 g/mol. The summed E-state index contributed by atoms with van der Waals surface area (Å²) in [7, 11) is 0. The van der Waals surface area contributed by atoms with Gasteiger partial charge in [0.1, 0.15) is 0 Å². The number of likely N-dealkylation sites (tertiary alicyclic amines) is 1. The first-order valence-electron chi connectivity index (χ1n) is 6.40. The summed E-state index contributed by atoms with van der Waals surface area (Å²) in [4.78, 5) is 2.28. The third-order valence-electron chi connectivity index (χ3n) is 2.64. The quantitative estimate of drug-likeness (QED) is 0.716. The highest BCUT2D eigenvalue weighted by Crippen LogP contribution is 2.12. The summed E-state index contributed by atoms with van der Waals surface area (Å²) in [6, 6.07) is 0. The lowest BCUT2D eigenvalue weighted by atomic mass is 10.1. The zero-order valence-electron chi connectivity index (χ0n) is 10.7. The van der Waals surface area contributed by atoms with Gasteiger partial charge in [-0.1, -0.05) is 27.2 Å². The van der Waals surface area contributed by atoms with Gasteiger partial charge in [0.2, 0.25) is 0 Å². The van der Waals surface area contributed by atoms with Crippen molar-refractivity contribution >= 4 is 0 Å². The summed E-state index contributed by atoms with van der Waals surface area (Å²) in [5.74, 6) is 0. The van der Waals surface area contributed by atoms with E-state index < -0.39 is 0 Å². The van der Waals surface area contributed by atoms with Gasteiger partial charge in [0, 0.05) is 26.4 Å². The number of nitrogens with two attached hydrogens (primary N) is 1. The average Bonchev–Trinajstić information content (AvgIpc) is 2.33. The number of rotatable bonds is 5. The second-order valence-electron chi connectivity index (χ2n) is 3.72. The molecule has 3 heteroatoms. The first kappa shape index (κ1) is 14.9. The Morgan fingerprint density at radius 1 is 1.27 bits per heavy atom. The molecule has 3 nitrogen and oxygen atoms in total. The molecule has 0 aromatic rings. The van der Waals surface area contributed by atoms with Crippen molar-refractivity contribution < 1.29 is 4.74 Å². The molecule has 1 heterocycles. The Hall–Kier alpha value is -0.120. The third-order valence-corrected chi connectivity index (χ3v) is 2.64. The minimum Gasteiger partial charge on any atom is -0.378 e.